The molecule has 1 heterocycles. The normalized spacial score (nSPS) is 11.4. The Bertz CT molecular complexity index is 1180. The predicted octanol–water partition coefficient (Wildman–Crippen LogP) is 4.19. The molecule has 3 rings (SSSR count). The van der Waals surface area contributed by atoms with Gasteiger partial charge < -0.3 is 14.5 Å². The number of hydrogen-bond acceptors (Lipinski definition) is 5. The van der Waals surface area contributed by atoms with E-state index in [1.165, 1.54) is 31.4 Å². The number of carbonyl (C=O) groups is 1. The van der Waals surface area contributed by atoms with E-state index in [1.54, 1.807) is 25.1 Å². The zero-order valence-corrected chi connectivity index (χ0v) is 17.0. The number of hydrogen-bond donors (Lipinski definition) is 2. The monoisotopic (exact) mass is 430 g/mol. The predicted molar refractivity (Wildman–Crippen MR) is 111 cm³/mol. The van der Waals surface area contributed by atoms with Crippen LogP contribution in [0.4, 0.5) is 15.8 Å². The fourth-order valence-corrected chi connectivity index (χ4v) is 3.63. The highest BCUT2D eigenvalue weighted by atomic mass is 32.2. The Morgan fingerprint density at radius 2 is 1.83 bits per heavy atom. The molecule has 0 spiro atoms. The summed E-state index contributed by atoms with van der Waals surface area (Å²) < 4.78 is 51.2. The number of ether oxygens (including phenoxy) is 1. The summed E-state index contributed by atoms with van der Waals surface area (Å²) in [6.45, 7) is 1.79. The summed E-state index contributed by atoms with van der Waals surface area (Å²) in [5.74, 6) is 0.532. The molecule has 3 aromatic rings. The minimum atomic E-state index is -3.99. The lowest BCUT2D eigenvalue weighted by Crippen LogP contribution is -2.14. The summed E-state index contributed by atoms with van der Waals surface area (Å²) in [7, 11) is -2.60. The van der Waals surface area contributed by atoms with E-state index < -0.39 is 21.7 Å². The molecule has 156 valence electrons. The number of carbonyl (C=O) groups excluding carboxylic acids is 1. The van der Waals surface area contributed by atoms with E-state index in [0.29, 0.717) is 11.4 Å². The van der Waals surface area contributed by atoms with Crippen LogP contribution < -0.4 is 14.8 Å². The van der Waals surface area contributed by atoms with Crippen LogP contribution in [0.25, 0.3) is 6.08 Å². The van der Waals surface area contributed by atoms with Gasteiger partial charge in [-0.15, -0.1) is 0 Å². The lowest BCUT2D eigenvalue weighted by Gasteiger charge is -2.13. The number of halogens is 1. The molecular weight excluding hydrogens is 411 g/mol. The van der Waals surface area contributed by atoms with Gasteiger partial charge in [-0.3, -0.25) is 9.52 Å². The van der Waals surface area contributed by atoms with Crippen LogP contribution in [0.2, 0.25) is 0 Å². The molecule has 2 aromatic carbocycles. The highest BCUT2D eigenvalue weighted by Crippen LogP contribution is 2.30. The van der Waals surface area contributed by atoms with Crippen molar-refractivity contribution in [3.8, 4) is 5.75 Å². The third kappa shape index (κ3) is 5.26. The van der Waals surface area contributed by atoms with Crippen LogP contribution in [0.5, 0.6) is 5.75 Å². The maximum absolute atomic E-state index is 13.1. The van der Waals surface area contributed by atoms with Crippen molar-refractivity contribution >= 4 is 33.4 Å². The van der Waals surface area contributed by atoms with Crippen molar-refractivity contribution in [1.82, 2.24) is 0 Å². The molecule has 1 aromatic heterocycles. The number of aryl methyl sites for hydroxylation is 1. The summed E-state index contributed by atoms with van der Waals surface area (Å²) in [4.78, 5) is 12.0. The van der Waals surface area contributed by atoms with Crippen molar-refractivity contribution in [1.29, 1.82) is 0 Å². The second-order valence-corrected chi connectivity index (χ2v) is 7.93. The van der Waals surface area contributed by atoms with Crippen molar-refractivity contribution in [3.63, 3.8) is 0 Å². The van der Waals surface area contributed by atoms with Gasteiger partial charge in [-0.25, -0.2) is 12.8 Å². The van der Waals surface area contributed by atoms with Crippen molar-refractivity contribution in [2.75, 3.05) is 17.1 Å². The van der Waals surface area contributed by atoms with Gasteiger partial charge in [0.25, 0.3) is 10.0 Å². The Labute approximate surface area is 173 Å². The molecule has 0 aliphatic carbocycles. The minimum absolute atomic E-state index is 0.114. The summed E-state index contributed by atoms with van der Waals surface area (Å²) in [6.07, 6.45) is 2.81. The van der Waals surface area contributed by atoms with Gasteiger partial charge >= 0.3 is 0 Å². The molecule has 9 heteroatoms. The van der Waals surface area contributed by atoms with E-state index in [0.717, 1.165) is 30.0 Å². The minimum Gasteiger partial charge on any atom is -0.495 e. The van der Waals surface area contributed by atoms with Gasteiger partial charge in [0.1, 0.15) is 23.1 Å². The third-order valence-electron chi connectivity index (χ3n) is 4.00. The maximum Gasteiger partial charge on any atom is 0.262 e. The van der Waals surface area contributed by atoms with Crippen molar-refractivity contribution in [2.45, 2.75) is 11.8 Å². The maximum atomic E-state index is 13.1. The first-order valence-corrected chi connectivity index (χ1v) is 10.3. The molecule has 2 N–H and O–H groups in total. The van der Waals surface area contributed by atoms with E-state index in [-0.39, 0.29) is 16.3 Å². The highest BCUT2D eigenvalue weighted by Gasteiger charge is 2.17. The molecule has 0 fully saturated rings. The number of rotatable bonds is 7. The molecule has 0 aliphatic heterocycles. The average Bonchev–Trinajstić information content (AvgIpc) is 3.12. The number of furan rings is 1. The number of amides is 1. The zero-order valence-electron chi connectivity index (χ0n) is 16.2. The molecule has 0 aliphatic rings. The first-order valence-electron chi connectivity index (χ1n) is 8.79. The first-order chi connectivity index (χ1) is 14.3. The molecule has 7 nitrogen and oxygen atoms in total. The summed E-state index contributed by atoms with van der Waals surface area (Å²) in [5.41, 5.74) is 0.461. The average molecular weight is 430 g/mol. The number of anilines is 2. The summed E-state index contributed by atoms with van der Waals surface area (Å²) >= 11 is 0. The van der Waals surface area contributed by atoms with Crippen LogP contribution in [-0.2, 0) is 14.8 Å². The highest BCUT2D eigenvalue weighted by molar-refractivity contribution is 7.92. The fourth-order valence-electron chi connectivity index (χ4n) is 2.57. The quantitative estimate of drug-likeness (QED) is 0.548. The molecule has 0 radical (unpaired) electrons. The third-order valence-corrected chi connectivity index (χ3v) is 5.38. The fraction of sp³-hybridized carbons (Fsp3) is 0.0952. The Morgan fingerprint density at radius 1 is 1.10 bits per heavy atom. The summed E-state index contributed by atoms with van der Waals surface area (Å²) in [6, 6.07) is 12.4. The molecule has 30 heavy (non-hydrogen) atoms. The lowest BCUT2D eigenvalue weighted by molar-refractivity contribution is -0.111. The molecule has 0 bridgehead atoms. The smallest absolute Gasteiger partial charge is 0.262 e. The van der Waals surface area contributed by atoms with Crippen LogP contribution in [0.3, 0.4) is 0 Å². The SMILES string of the molecule is COc1ccc(NC(=O)/C=C/c2ccc(C)o2)cc1NS(=O)(=O)c1ccc(F)cc1. The van der Waals surface area contributed by atoms with Gasteiger partial charge in [0, 0.05) is 11.8 Å². The van der Waals surface area contributed by atoms with E-state index in [4.69, 9.17) is 9.15 Å². The van der Waals surface area contributed by atoms with E-state index in [2.05, 4.69) is 10.0 Å². The molecule has 0 atom stereocenters. The zero-order chi connectivity index (χ0) is 21.7. The molecule has 0 unspecified atom stereocenters. The van der Waals surface area contributed by atoms with Gasteiger partial charge in [0.2, 0.25) is 5.91 Å². The standard InChI is InChI=1S/C21H19FN2O5S/c1-14-3-7-17(29-14)8-12-21(25)23-16-6-11-20(28-2)19(13-16)24-30(26,27)18-9-4-15(22)5-10-18/h3-13,24H,1-2H3,(H,23,25)/b12-8+. The second-order valence-electron chi connectivity index (χ2n) is 6.25. The van der Waals surface area contributed by atoms with Crippen LogP contribution >= 0.6 is 0 Å². The van der Waals surface area contributed by atoms with Crippen LogP contribution in [0, 0.1) is 12.7 Å². The van der Waals surface area contributed by atoms with Crippen molar-refractivity contribution in [3.05, 3.63) is 78.0 Å². The number of sulfonamides is 1. The Morgan fingerprint density at radius 3 is 2.47 bits per heavy atom. The Kier molecular flexibility index (Phi) is 6.22. The molecule has 0 saturated heterocycles. The van der Waals surface area contributed by atoms with E-state index >= 15 is 0 Å². The van der Waals surface area contributed by atoms with Crippen LogP contribution in [-0.4, -0.2) is 21.4 Å². The first kappa shape index (κ1) is 21.1. The molecular formula is C21H19FN2O5S. The van der Waals surface area contributed by atoms with E-state index in [9.17, 15) is 17.6 Å². The Balaban J connectivity index is 1.78. The number of benzene rings is 2. The summed E-state index contributed by atoms with van der Waals surface area (Å²) in [5, 5.41) is 2.64. The van der Waals surface area contributed by atoms with Gasteiger partial charge in [-0.1, -0.05) is 0 Å². The van der Waals surface area contributed by atoms with Gasteiger partial charge in [-0.2, -0.15) is 0 Å². The van der Waals surface area contributed by atoms with E-state index in [1.807, 2.05) is 0 Å². The van der Waals surface area contributed by atoms with Gasteiger partial charge in [-0.05, 0) is 67.6 Å². The van der Waals surface area contributed by atoms with Crippen molar-refractivity contribution in [2.24, 2.45) is 0 Å². The van der Waals surface area contributed by atoms with Gasteiger partial charge in [0.05, 0.1) is 17.7 Å². The molecule has 1 amide bonds. The van der Waals surface area contributed by atoms with Crippen LogP contribution in [0.1, 0.15) is 11.5 Å². The van der Waals surface area contributed by atoms with Gasteiger partial charge in [0.15, 0.2) is 0 Å². The lowest BCUT2D eigenvalue weighted by atomic mass is 10.2. The number of nitrogens with one attached hydrogen (secondary N) is 2. The van der Waals surface area contributed by atoms with Crippen LogP contribution in [0.15, 0.2) is 70.0 Å². The second kappa shape index (κ2) is 8.83. The molecule has 0 saturated carbocycles. The largest absolute Gasteiger partial charge is 0.495 e. The van der Waals surface area contributed by atoms with Crippen molar-refractivity contribution < 1.29 is 26.8 Å². The number of methoxy groups -OCH3 is 1. The topological polar surface area (TPSA) is 97.6 Å². The Hall–Kier alpha value is -3.59.